The molecule has 0 aliphatic carbocycles. The van der Waals surface area contributed by atoms with E-state index < -0.39 is 0 Å². The van der Waals surface area contributed by atoms with Gasteiger partial charge in [-0.05, 0) is 50.5 Å². The summed E-state index contributed by atoms with van der Waals surface area (Å²) in [5.74, 6) is 2.47. The van der Waals surface area contributed by atoms with Crippen LogP contribution in [0.5, 0.6) is 11.6 Å². The molecule has 2 N–H and O–H groups in total. The normalized spacial score (nSPS) is 16.5. The molecule has 1 fully saturated rings. The lowest BCUT2D eigenvalue weighted by atomic mass is 10.0. The van der Waals surface area contributed by atoms with E-state index in [1.54, 1.807) is 6.08 Å². The first kappa shape index (κ1) is 19.1. The van der Waals surface area contributed by atoms with Crippen molar-refractivity contribution in [2.45, 2.75) is 32.2 Å². The van der Waals surface area contributed by atoms with E-state index in [1.807, 2.05) is 36.4 Å². The van der Waals surface area contributed by atoms with Crippen LogP contribution in [0.15, 0.2) is 49.1 Å². The van der Waals surface area contributed by atoms with Crippen LogP contribution in [0.2, 0.25) is 0 Å². The fourth-order valence-corrected chi connectivity index (χ4v) is 3.20. The van der Waals surface area contributed by atoms with Crippen molar-refractivity contribution < 1.29 is 4.74 Å². The number of hydrogen-bond acceptors (Lipinski definition) is 5. The molecule has 7 heteroatoms. The Morgan fingerprint density at radius 3 is 2.89 bits per heavy atom. The summed E-state index contributed by atoms with van der Waals surface area (Å²) in [6, 6.07) is 11.9. The Hall–Kier alpha value is -2.67. The molecule has 0 radical (unpaired) electrons. The Kier molecular flexibility index (Phi) is 6.59. The monoisotopic (exact) mass is 383 g/mol. The van der Waals surface area contributed by atoms with Crippen LogP contribution in [0.4, 0.5) is 11.8 Å². The van der Waals surface area contributed by atoms with Crippen molar-refractivity contribution in [2.24, 2.45) is 0 Å². The highest BCUT2D eigenvalue weighted by Gasteiger charge is 2.21. The maximum absolute atomic E-state index is 5.95. The first-order chi connectivity index (χ1) is 13.2. The number of ether oxygens (including phenoxy) is 1. The third kappa shape index (κ3) is 5.40. The largest absolute Gasteiger partial charge is 0.439 e. The Morgan fingerprint density at radius 1 is 1.33 bits per heavy atom. The maximum Gasteiger partial charge on any atom is 0.234 e. The second-order valence-electron chi connectivity index (χ2n) is 6.47. The van der Waals surface area contributed by atoms with Gasteiger partial charge in [0.05, 0.1) is 0 Å². The van der Waals surface area contributed by atoms with Crippen molar-refractivity contribution in [1.82, 2.24) is 15.3 Å². The SMILES string of the molecule is C=CCNC(=S)Nc1nc(Oc2ccccc2)cc(N2CCCC[C@@H]2C)n1. The molecule has 2 heterocycles. The van der Waals surface area contributed by atoms with Gasteiger partial charge >= 0.3 is 0 Å². The fourth-order valence-electron chi connectivity index (χ4n) is 3.03. The van der Waals surface area contributed by atoms with E-state index in [2.05, 4.69) is 39.0 Å². The quantitative estimate of drug-likeness (QED) is 0.575. The minimum atomic E-state index is 0.415. The summed E-state index contributed by atoms with van der Waals surface area (Å²) in [7, 11) is 0. The zero-order valence-corrected chi connectivity index (χ0v) is 16.3. The summed E-state index contributed by atoms with van der Waals surface area (Å²) in [6.45, 7) is 7.45. The third-order valence-electron chi connectivity index (χ3n) is 4.38. The van der Waals surface area contributed by atoms with Crippen molar-refractivity contribution in [2.75, 3.05) is 23.3 Å². The predicted octanol–water partition coefficient (Wildman–Crippen LogP) is 4.12. The van der Waals surface area contributed by atoms with Gasteiger partial charge in [-0.3, -0.25) is 0 Å². The van der Waals surface area contributed by atoms with Crippen LogP contribution in [0, 0.1) is 0 Å². The summed E-state index contributed by atoms with van der Waals surface area (Å²) < 4.78 is 5.95. The summed E-state index contributed by atoms with van der Waals surface area (Å²) in [5.41, 5.74) is 0. The highest BCUT2D eigenvalue weighted by molar-refractivity contribution is 7.80. The predicted molar refractivity (Wildman–Crippen MR) is 114 cm³/mol. The van der Waals surface area contributed by atoms with Crippen LogP contribution >= 0.6 is 12.2 Å². The van der Waals surface area contributed by atoms with Crippen LogP contribution in [0.3, 0.4) is 0 Å². The molecule has 1 aromatic carbocycles. The number of benzene rings is 1. The van der Waals surface area contributed by atoms with Crippen molar-refractivity contribution in [3.8, 4) is 11.6 Å². The molecule has 0 spiro atoms. The minimum absolute atomic E-state index is 0.415. The van der Waals surface area contributed by atoms with E-state index in [9.17, 15) is 0 Å². The molecule has 0 unspecified atom stereocenters. The number of hydrogen-bond donors (Lipinski definition) is 2. The van der Waals surface area contributed by atoms with Gasteiger partial charge in [0.2, 0.25) is 11.8 Å². The molecule has 1 aliphatic heterocycles. The van der Waals surface area contributed by atoms with Crippen molar-refractivity contribution in [1.29, 1.82) is 0 Å². The van der Waals surface area contributed by atoms with Gasteiger partial charge in [-0.2, -0.15) is 9.97 Å². The molecule has 6 nitrogen and oxygen atoms in total. The molecule has 3 rings (SSSR count). The Bertz CT molecular complexity index is 783. The zero-order valence-electron chi connectivity index (χ0n) is 15.5. The Morgan fingerprint density at radius 2 is 2.15 bits per heavy atom. The van der Waals surface area contributed by atoms with E-state index in [0.29, 0.717) is 29.5 Å². The Labute approximate surface area is 165 Å². The molecule has 2 aromatic rings. The smallest absolute Gasteiger partial charge is 0.234 e. The van der Waals surface area contributed by atoms with Crippen molar-refractivity contribution in [3.63, 3.8) is 0 Å². The average molecular weight is 384 g/mol. The number of aromatic nitrogens is 2. The van der Waals surface area contributed by atoms with Crippen molar-refractivity contribution >= 4 is 29.1 Å². The highest BCUT2D eigenvalue weighted by atomic mass is 32.1. The molecular formula is C20H25N5OS. The second-order valence-corrected chi connectivity index (χ2v) is 6.87. The van der Waals surface area contributed by atoms with Gasteiger partial charge in [0.25, 0.3) is 0 Å². The first-order valence-corrected chi connectivity index (χ1v) is 9.61. The summed E-state index contributed by atoms with van der Waals surface area (Å²) >= 11 is 5.29. The molecule has 0 saturated carbocycles. The Balaban J connectivity index is 1.86. The molecule has 27 heavy (non-hydrogen) atoms. The van der Waals surface area contributed by atoms with E-state index in [4.69, 9.17) is 17.0 Å². The minimum Gasteiger partial charge on any atom is -0.439 e. The van der Waals surface area contributed by atoms with Crippen molar-refractivity contribution in [3.05, 3.63) is 49.1 Å². The molecule has 1 saturated heterocycles. The standard InChI is InChI=1S/C20H25N5OS/c1-3-12-21-20(27)24-19-22-17(25-13-8-7-9-15(25)2)14-18(23-19)26-16-10-5-4-6-11-16/h3-6,10-11,14-15H,1,7-9,12-13H2,2H3,(H2,21,22,23,24,27)/t15-/m0/s1. The van der Waals surface area contributed by atoms with Crippen LogP contribution in [0.1, 0.15) is 26.2 Å². The highest BCUT2D eigenvalue weighted by Crippen LogP contribution is 2.28. The lowest BCUT2D eigenvalue weighted by molar-refractivity contribution is 0.457. The molecule has 1 aromatic heterocycles. The maximum atomic E-state index is 5.95. The fraction of sp³-hybridized carbons (Fsp3) is 0.350. The zero-order chi connectivity index (χ0) is 19.1. The van der Waals surface area contributed by atoms with Gasteiger partial charge in [-0.1, -0.05) is 24.3 Å². The van der Waals surface area contributed by atoms with Gasteiger partial charge in [-0.15, -0.1) is 6.58 Å². The van der Waals surface area contributed by atoms with Crippen LogP contribution in [-0.2, 0) is 0 Å². The molecule has 142 valence electrons. The third-order valence-corrected chi connectivity index (χ3v) is 4.63. The number of anilines is 2. The summed E-state index contributed by atoms with van der Waals surface area (Å²) in [4.78, 5) is 11.4. The molecular weight excluding hydrogens is 358 g/mol. The lowest BCUT2D eigenvalue weighted by Gasteiger charge is -2.34. The van der Waals surface area contributed by atoms with Crippen LogP contribution < -0.4 is 20.3 Å². The molecule has 1 atom stereocenters. The summed E-state index contributed by atoms with van der Waals surface area (Å²) in [6.07, 6.45) is 5.30. The van der Waals surface area contributed by atoms with Gasteiger partial charge in [0.1, 0.15) is 11.6 Å². The first-order valence-electron chi connectivity index (χ1n) is 9.20. The number of thiocarbonyl (C=S) groups is 1. The number of rotatable bonds is 6. The van der Waals surface area contributed by atoms with Gasteiger partial charge in [0.15, 0.2) is 5.11 Å². The number of nitrogens with zero attached hydrogens (tertiary/aromatic N) is 3. The van der Waals surface area contributed by atoms with E-state index >= 15 is 0 Å². The molecule has 0 bridgehead atoms. The van der Waals surface area contributed by atoms with Gasteiger partial charge in [0, 0.05) is 25.2 Å². The van der Waals surface area contributed by atoms with E-state index in [1.165, 1.54) is 6.42 Å². The van der Waals surface area contributed by atoms with E-state index in [-0.39, 0.29) is 0 Å². The number of para-hydroxylation sites is 1. The topological polar surface area (TPSA) is 62.3 Å². The number of piperidine rings is 1. The van der Waals surface area contributed by atoms with Crippen LogP contribution in [-0.4, -0.2) is 34.2 Å². The molecule has 1 aliphatic rings. The average Bonchev–Trinajstić information content (AvgIpc) is 2.67. The second kappa shape index (κ2) is 9.32. The lowest BCUT2D eigenvalue weighted by Crippen LogP contribution is -2.38. The van der Waals surface area contributed by atoms with Gasteiger partial charge < -0.3 is 20.3 Å². The van der Waals surface area contributed by atoms with Gasteiger partial charge in [-0.25, -0.2) is 0 Å². The summed E-state index contributed by atoms with van der Waals surface area (Å²) in [5, 5.41) is 6.52. The van der Waals surface area contributed by atoms with Crippen LogP contribution in [0.25, 0.3) is 0 Å². The molecule has 0 amide bonds. The number of nitrogens with one attached hydrogen (secondary N) is 2. The van der Waals surface area contributed by atoms with E-state index in [0.717, 1.165) is 31.0 Å².